The van der Waals surface area contributed by atoms with Gasteiger partial charge in [-0.1, -0.05) is 6.42 Å². The van der Waals surface area contributed by atoms with Crippen LogP contribution >= 0.6 is 0 Å². The average Bonchev–Trinajstić information content (AvgIpc) is 3.03. The number of hydrogen-bond donors (Lipinski definition) is 1. The summed E-state index contributed by atoms with van der Waals surface area (Å²) in [6, 6.07) is 0.341. The molecule has 3 unspecified atom stereocenters. The number of nitrogens with two attached hydrogens (primary N) is 1. The highest BCUT2D eigenvalue weighted by Crippen LogP contribution is 2.48. The molecule has 0 radical (unpaired) electrons. The number of likely N-dealkylation sites (N-methyl/N-ethyl adjacent to an activating group) is 1. The van der Waals surface area contributed by atoms with Crippen molar-refractivity contribution in [3.63, 3.8) is 0 Å². The van der Waals surface area contributed by atoms with Crippen molar-refractivity contribution < 1.29 is 4.79 Å². The highest BCUT2D eigenvalue weighted by molar-refractivity contribution is 5.78. The predicted molar refractivity (Wildman–Crippen MR) is 80.2 cm³/mol. The number of carbonyl (C=O) groups is 1. The maximum atomic E-state index is 12.3. The third kappa shape index (κ3) is 3.17. The fourth-order valence-electron chi connectivity index (χ4n) is 4.48. The summed E-state index contributed by atoms with van der Waals surface area (Å²) in [6.07, 6.45) is 7.69. The van der Waals surface area contributed by atoms with E-state index in [0.29, 0.717) is 18.5 Å². The normalized spacial score (nSPS) is 34.6. The summed E-state index contributed by atoms with van der Waals surface area (Å²) in [6.45, 7) is 3.53. The number of rotatable bonds is 4. The summed E-state index contributed by atoms with van der Waals surface area (Å²) in [5, 5.41) is 0. The van der Waals surface area contributed by atoms with Crippen molar-refractivity contribution in [1.82, 2.24) is 9.80 Å². The molecule has 1 aliphatic heterocycles. The van der Waals surface area contributed by atoms with Gasteiger partial charge in [-0.2, -0.15) is 0 Å². The Kier molecular flexibility index (Phi) is 4.32. The van der Waals surface area contributed by atoms with Crippen LogP contribution in [0.4, 0.5) is 0 Å². The van der Waals surface area contributed by atoms with Gasteiger partial charge in [-0.15, -0.1) is 0 Å². The van der Waals surface area contributed by atoms with E-state index < -0.39 is 0 Å². The van der Waals surface area contributed by atoms with Crippen LogP contribution in [0.15, 0.2) is 0 Å². The molecule has 1 heterocycles. The second kappa shape index (κ2) is 6.02. The van der Waals surface area contributed by atoms with E-state index in [1.165, 1.54) is 25.7 Å². The largest absolute Gasteiger partial charge is 0.344 e. The van der Waals surface area contributed by atoms with Crippen LogP contribution in [0, 0.1) is 17.8 Å². The Morgan fingerprint density at radius 1 is 1.20 bits per heavy atom. The SMILES string of the molecule is CN(CC1CC2CCC1C2)C(=O)CN1CCC(N)CC1. The lowest BCUT2D eigenvalue weighted by Crippen LogP contribution is -2.45. The molecule has 2 N–H and O–H groups in total. The Bertz CT molecular complexity index is 352. The van der Waals surface area contributed by atoms with Crippen molar-refractivity contribution >= 4 is 5.91 Å². The molecule has 2 saturated carbocycles. The fourth-order valence-corrected chi connectivity index (χ4v) is 4.48. The van der Waals surface area contributed by atoms with Crippen molar-refractivity contribution in [1.29, 1.82) is 0 Å². The molecule has 3 rings (SSSR count). The van der Waals surface area contributed by atoms with Gasteiger partial charge in [-0.05, 0) is 49.9 Å². The van der Waals surface area contributed by atoms with Gasteiger partial charge in [0, 0.05) is 32.7 Å². The minimum atomic E-state index is 0.295. The molecule has 3 fully saturated rings. The monoisotopic (exact) mass is 279 g/mol. The van der Waals surface area contributed by atoms with E-state index in [2.05, 4.69) is 4.90 Å². The van der Waals surface area contributed by atoms with Gasteiger partial charge in [0.2, 0.25) is 5.91 Å². The number of nitrogens with zero attached hydrogens (tertiary/aromatic N) is 2. The molecule has 0 aromatic heterocycles. The summed E-state index contributed by atoms with van der Waals surface area (Å²) >= 11 is 0. The Labute approximate surface area is 122 Å². The molecule has 1 amide bonds. The van der Waals surface area contributed by atoms with Crippen LogP contribution in [0.1, 0.15) is 38.5 Å². The van der Waals surface area contributed by atoms with Crippen molar-refractivity contribution in [2.24, 2.45) is 23.5 Å². The van der Waals surface area contributed by atoms with Crippen molar-refractivity contribution in [3.8, 4) is 0 Å². The molecule has 114 valence electrons. The molecule has 3 atom stereocenters. The zero-order valence-electron chi connectivity index (χ0n) is 12.8. The highest BCUT2D eigenvalue weighted by atomic mass is 16.2. The average molecular weight is 279 g/mol. The lowest BCUT2D eigenvalue weighted by Gasteiger charge is -2.32. The van der Waals surface area contributed by atoms with Crippen LogP contribution in [0.2, 0.25) is 0 Å². The molecule has 2 bridgehead atoms. The zero-order chi connectivity index (χ0) is 14.1. The molecule has 2 aliphatic carbocycles. The van der Waals surface area contributed by atoms with Crippen LogP contribution < -0.4 is 5.73 Å². The topological polar surface area (TPSA) is 49.6 Å². The predicted octanol–water partition coefficient (Wildman–Crippen LogP) is 1.30. The summed E-state index contributed by atoms with van der Waals surface area (Å²) in [4.78, 5) is 16.6. The van der Waals surface area contributed by atoms with Crippen molar-refractivity contribution in [2.75, 3.05) is 33.2 Å². The zero-order valence-corrected chi connectivity index (χ0v) is 12.8. The Morgan fingerprint density at radius 2 is 1.95 bits per heavy atom. The number of hydrogen-bond acceptors (Lipinski definition) is 3. The van der Waals surface area contributed by atoms with Gasteiger partial charge in [-0.3, -0.25) is 9.69 Å². The molecule has 0 spiro atoms. The highest BCUT2D eigenvalue weighted by Gasteiger charge is 2.40. The van der Waals surface area contributed by atoms with Crippen molar-refractivity contribution in [3.05, 3.63) is 0 Å². The van der Waals surface area contributed by atoms with E-state index in [-0.39, 0.29) is 0 Å². The number of fused-ring (bicyclic) bond motifs is 2. The second-order valence-corrected chi connectivity index (χ2v) is 7.32. The molecule has 4 nitrogen and oxygen atoms in total. The van der Waals surface area contributed by atoms with Gasteiger partial charge >= 0.3 is 0 Å². The van der Waals surface area contributed by atoms with E-state index in [4.69, 9.17) is 5.73 Å². The van der Waals surface area contributed by atoms with Crippen LogP contribution in [0.3, 0.4) is 0 Å². The van der Waals surface area contributed by atoms with Gasteiger partial charge in [0.1, 0.15) is 0 Å². The van der Waals surface area contributed by atoms with E-state index in [0.717, 1.165) is 50.2 Å². The van der Waals surface area contributed by atoms with Gasteiger partial charge in [0.25, 0.3) is 0 Å². The van der Waals surface area contributed by atoms with Gasteiger partial charge < -0.3 is 10.6 Å². The first kappa shape index (κ1) is 14.3. The number of likely N-dealkylation sites (tertiary alicyclic amines) is 1. The summed E-state index contributed by atoms with van der Waals surface area (Å²) < 4.78 is 0. The molecule has 1 saturated heterocycles. The minimum absolute atomic E-state index is 0.295. The van der Waals surface area contributed by atoms with Crippen LogP contribution in [-0.4, -0.2) is 55.0 Å². The summed E-state index contributed by atoms with van der Waals surface area (Å²) in [7, 11) is 1.99. The van der Waals surface area contributed by atoms with Gasteiger partial charge in [0.05, 0.1) is 6.54 Å². The van der Waals surface area contributed by atoms with Crippen LogP contribution in [-0.2, 0) is 4.79 Å². The third-order valence-corrected chi connectivity index (χ3v) is 5.81. The van der Waals surface area contributed by atoms with Gasteiger partial charge in [-0.25, -0.2) is 0 Å². The van der Waals surface area contributed by atoms with E-state index in [9.17, 15) is 4.79 Å². The van der Waals surface area contributed by atoms with E-state index in [1.54, 1.807) is 0 Å². The van der Waals surface area contributed by atoms with E-state index in [1.807, 2.05) is 11.9 Å². The van der Waals surface area contributed by atoms with Crippen LogP contribution in [0.25, 0.3) is 0 Å². The molecule has 20 heavy (non-hydrogen) atoms. The first-order valence-electron chi connectivity index (χ1n) is 8.33. The Morgan fingerprint density at radius 3 is 2.55 bits per heavy atom. The second-order valence-electron chi connectivity index (χ2n) is 7.32. The lowest BCUT2D eigenvalue weighted by atomic mass is 9.88. The molecule has 0 aromatic rings. The molecule has 3 aliphatic rings. The maximum Gasteiger partial charge on any atom is 0.236 e. The summed E-state index contributed by atoms with van der Waals surface area (Å²) in [5.41, 5.74) is 5.91. The third-order valence-electron chi connectivity index (χ3n) is 5.81. The smallest absolute Gasteiger partial charge is 0.236 e. The molecule has 0 aromatic carbocycles. The number of carbonyl (C=O) groups excluding carboxylic acids is 1. The first-order valence-corrected chi connectivity index (χ1v) is 8.33. The standard InChI is InChI=1S/C16H29N3O/c1-18(10-14-9-12-2-3-13(14)8-12)16(20)11-19-6-4-15(17)5-7-19/h12-15H,2-11,17H2,1H3. The quantitative estimate of drug-likeness (QED) is 0.844. The number of amides is 1. The van der Waals surface area contributed by atoms with E-state index >= 15 is 0 Å². The van der Waals surface area contributed by atoms with Crippen molar-refractivity contribution in [2.45, 2.75) is 44.6 Å². The number of piperidine rings is 1. The van der Waals surface area contributed by atoms with Crippen LogP contribution in [0.5, 0.6) is 0 Å². The molecular formula is C16H29N3O. The summed E-state index contributed by atoms with van der Waals surface area (Å²) in [5.74, 6) is 2.95. The molecular weight excluding hydrogens is 250 g/mol. The maximum absolute atomic E-state index is 12.3. The first-order chi connectivity index (χ1) is 9.61. The lowest BCUT2D eigenvalue weighted by molar-refractivity contribution is -0.132. The van der Waals surface area contributed by atoms with Gasteiger partial charge in [0.15, 0.2) is 0 Å². The minimum Gasteiger partial charge on any atom is -0.344 e. The molecule has 4 heteroatoms. The Hall–Kier alpha value is -0.610. The fraction of sp³-hybridized carbons (Fsp3) is 0.938. The Balaban J connectivity index is 1.42.